The molecule has 0 aliphatic rings. The molecule has 25 heavy (non-hydrogen) atoms. The normalized spacial score (nSPS) is 11.0. The molecular weight excluding hydrogens is 346 g/mol. The van der Waals surface area contributed by atoms with Gasteiger partial charge in [-0.15, -0.1) is 0 Å². The summed E-state index contributed by atoms with van der Waals surface area (Å²) in [6, 6.07) is 11.6. The van der Waals surface area contributed by atoms with Crippen molar-refractivity contribution < 1.29 is 18.1 Å². The lowest BCUT2D eigenvalue weighted by Gasteiger charge is -2.17. The minimum Gasteiger partial charge on any atom is -0.490 e. The second-order valence-electron chi connectivity index (χ2n) is 5.39. The van der Waals surface area contributed by atoms with Crippen LogP contribution >= 0.6 is 0 Å². The second-order valence-corrected chi connectivity index (χ2v) is 7.41. The lowest BCUT2D eigenvalue weighted by atomic mass is 10.2. The van der Waals surface area contributed by atoms with E-state index in [1.807, 2.05) is 12.1 Å². The third kappa shape index (κ3) is 4.60. The van der Waals surface area contributed by atoms with E-state index in [4.69, 9.17) is 4.74 Å². The van der Waals surface area contributed by atoms with E-state index < -0.39 is 14.9 Å². The van der Waals surface area contributed by atoms with Crippen LogP contribution in [0.15, 0.2) is 42.5 Å². The Hall–Kier alpha value is -2.81. The van der Waals surface area contributed by atoms with E-state index in [-0.39, 0.29) is 11.4 Å². The van der Waals surface area contributed by atoms with Crippen molar-refractivity contribution in [3.05, 3.63) is 58.1 Å². The van der Waals surface area contributed by atoms with E-state index in [0.717, 1.165) is 11.8 Å². The van der Waals surface area contributed by atoms with Gasteiger partial charge >= 0.3 is 5.69 Å². The van der Waals surface area contributed by atoms with Crippen LogP contribution in [-0.2, 0) is 16.6 Å². The quantitative estimate of drug-likeness (QED) is 0.598. The number of nitrogens with zero attached hydrogens (tertiary/aromatic N) is 2. The Morgan fingerprint density at radius 3 is 2.36 bits per heavy atom. The molecule has 0 aliphatic carbocycles. The number of sulfonamides is 1. The van der Waals surface area contributed by atoms with Gasteiger partial charge in [0, 0.05) is 31.4 Å². The SMILES string of the molecule is COc1cc(NCc2ccc(N(C)S(C)(=O)=O)cc2)ccc1[N+](=O)[O-]. The molecule has 1 N–H and O–H groups in total. The van der Waals surface area contributed by atoms with Gasteiger partial charge in [0.05, 0.1) is 24.0 Å². The first-order valence-electron chi connectivity index (χ1n) is 7.31. The van der Waals surface area contributed by atoms with Crippen molar-refractivity contribution in [2.24, 2.45) is 0 Å². The third-order valence-corrected chi connectivity index (χ3v) is 4.88. The van der Waals surface area contributed by atoms with Crippen molar-refractivity contribution in [3.8, 4) is 5.75 Å². The predicted octanol–water partition coefficient (Wildman–Crippen LogP) is 2.61. The molecule has 0 fully saturated rings. The average Bonchev–Trinajstić information content (AvgIpc) is 2.58. The van der Waals surface area contributed by atoms with E-state index in [0.29, 0.717) is 17.9 Å². The fraction of sp³-hybridized carbons (Fsp3) is 0.250. The summed E-state index contributed by atoms with van der Waals surface area (Å²) in [5, 5.41) is 14.0. The highest BCUT2D eigenvalue weighted by atomic mass is 32.2. The maximum atomic E-state index is 11.5. The van der Waals surface area contributed by atoms with Crippen LogP contribution in [0.1, 0.15) is 5.56 Å². The van der Waals surface area contributed by atoms with Gasteiger partial charge in [0.15, 0.2) is 5.75 Å². The average molecular weight is 365 g/mol. The summed E-state index contributed by atoms with van der Waals surface area (Å²) in [5.41, 5.74) is 2.09. The van der Waals surface area contributed by atoms with Gasteiger partial charge in [-0.1, -0.05) is 12.1 Å². The molecule has 134 valence electrons. The topological polar surface area (TPSA) is 102 Å². The van der Waals surface area contributed by atoms with Crippen molar-refractivity contribution in [2.45, 2.75) is 6.54 Å². The summed E-state index contributed by atoms with van der Waals surface area (Å²) < 4.78 is 29.3. The van der Waals surface area contributed by atoms with Gasteiger partial charge in [-0.3, -0.25) is 14.4 Å². The van der Waals surface area contributed by atoms with E-state index in [1.165, 1.54) is 24.5 Å². The number of hydrogen-bond acceptors (Lipinski definition) is 6. The van der Waals surface area contributed by atoms with Crippen LogP contribution in [-0.4, -0.2) is 33.8 Å². The zero-order chi connectivity index (χ0) is 18.6. The number of methoxy groups -OCH3 is 1. The molecule has 0 amide bonds. The number of nitro groups is 1. The van der Waals surface area contributed by atoms with Crippen molar-refractivity contribution in [3.63, 3.8) is 0 Å². The summed E-state index contributed by atoms with van der Waals surface area (Å²) in [7, 11) is -0.424. The molecule has 0 aromatic heterocycles. The first kappa shape index (κ1) is 18.5. The van der Waals surface area contributed by atoms with Gasteiger partial charge < -0.3 is 10.1 Å². The number of nitrogens with one attached hydrogen (secondary N) is 1. The molecule has 2 rings (SSSR count). The highest BCUT2D eigenvalue weighted by Gasteiger charge is 2.15. The number of ether oxygens (including phenoxy) is 1. The Bertz CT molecular complexity index is 866. The first-order valence-corrected chi connectivity index (χ1v) is 9.16. The van der Waals surface area contributed by atoms with Crippen molar-refractivity contribution in [1.82, 2.24) is 0 Å². The van der Waals surface area contributed by atoms with Gasteiger partial charge in [-0.2, -0.15) is 0 Å². The Morgan fingerprint density at radius 1 is 1.20 bits per heavy atom. The zero-order valence-electron chi connectivity index (χ0n) is 14.1. The smallest absolute Gasteiger partial charge is 0.311 e. The number of nitro benzene ring substituents is 1. The van der Waals surface area contributed by atoms with E-state index >= 15 is 0 Å². The van der Waals surface area contributed by atoms with Crippen LogP contribution in [0, 0.1) is 10.1 Å². The van der Waals surface area contributed by atoms with Crippen molar-refractivity contribution in [2.75, 3.05) is 30.0 Å². The Labute approximate surface area is 146 Å². The van der Waals surface area contributed by atoms with Gasteiger partial charge in [-0.05, 0) is 23.8 Å². The van der Waals surface area contributed by atoms with E-state index in [2.05, 4.69) is 5.32 Å². The van der Waals surface area contributed by atoms with Crippen molar-refractivity contribution in [1.29, 1.82) is 0 Å². The van der Waals surface area contributed by atoms with E-state index in [1.54, 1.807) is 24.3 Å². The number of benzene rings is 2. The number of rotatable bonds is 7. The van der Waals surface area contributed by atoms with Gasteiger partial charge in [0.1, 0.15) is 0 Å². The fourth-order valence-electron chi connectivity index (χ4n) is 2.16. The summed E-state index contributed by atoms with van der Waals surface area (Å²) >= 11 is 0. The molecule has 2 aromatic carbocycles. The summed E-state index contributed by atoms with van der Waals surface area (Å²) in [4.78, 5) is 10.4. The molecule has 2 aromatic rings. The molecule has 0 unspecified atom stereocenters. The highest BCUT2D eigenvalue weighted by molar-refractivity contribution is 7.92. The predicted molar refractivity (Wildman–Crippen MR) is 96.7 cm³/mol. The van der Waals surface area contributed by atoms with Crippen molar-refractivity contribution >= 4 is 27.1 Å². The number of anilines is 2. The van der Waals surface area contributed by atoms with Gasteiger partial charge in [-0.25, -0.2) is 8.42 Å². The summed E-state index contributed by atoms with van der Waals surface area (Å²) in [6.07, 6.45) is 1.14. The summed E-state index contributed by atoms with van der Waals surface area (Å²) in [6.45, 7) is 0.476. The Kier molecular flexibility index (Phi) is 5.48. The maximum Gasteiger partial charge on any atom is 0.311 e. The summed E-state index contributed by atoms with van der Waals surface area (Å²) in [5.74, 6) is 0.181. The van der Waals surface area contributed by atoms with Crippen LogP contribution in [0.2, 0.25) is 0 Å². The molecule has 0 heterocycles. The fourth-order valence-corrected chi connectivity index (χ4v) is 2.66. The third-order valence-electron chi connectivity index (χ3n) is 3.67. The van der Waals surface area contributed by atoms with Crippen LogP contribution < -0.4 is 14.4 Å². The Morgan fingerprint density at radius 2 is 1.84 bits per heavy atom. The van der Waals surface area contributed by atoms with Crippen LogP contribution in [0.25, 0.3) is 0 Å². The lowest BCUT2D eigenvalue weighted by Crippen LogP contribution is -2.24. The second kappa shape index (κ2) is 7.39. The molecule has 0 atom stereocenters. The molecule has 0 saturated heterocycles. The van der Waals surface area contributed by atoms with Crippen LogP contribution in [0.4, 0.5) is 17.1 Å². The molecule has 8 nitrogen and oxygen atoms in total. The van der Waals surface area contributed by atoms with Crippen LogP contribution in [0.3, 0.4) is 0 Å². The highest BCUT2D eigenvalue weighted by Crippen LogP contribution is 2.29. The Balaban J connectivity index is 2.08. The largest absolute Gasteiger partial charge is 0.490 e. The minimum absolute atomic E-state index is 0.0961. The zero-order valence-corrected chi connectivity index (χ0v) is 14.9. The molecule has 0 saturated carbocycles. The standard InChI is InChI=1S/C16H19N3O5S/c1-18(25(3,22)23)14-7-4-12(5-8-14)11-17-13-6-9-15(19(20)21)16(10-13)24-2/h4-10,17H,11H2,1-3H3. The number of hydrogen-bond donors (Lipinski definition) is 1. The monoisotopic (exact) mass is 365 g/mol. The first-order chi connectivity index (χ1) is 11.7. The molecule has 9 heteroatoms. The molecule has 0 bridgehead atoms. The van der Waals surface area contributed by atoms with Crippen LogP contribution in [0.5, 0.6) is 5.75 Å². The molecule has 0 aliphatic heterocycles. The molecule has 0 spiro atoms. The van der Waals surface area contributed by atoms with Gasteiger partial charge in [0.25, 0.3) is 0 Å². The maximum absolute atomic E-state index is 11.5. The lowest BCUT2D eigenvalue weighted by molar-refractivity contribution is -0.385. The molecular formula is C16H19N3O5S. The molecule has 0 radical (unpaired) electrons. The van der Waals surface area contributed by atoms with Gasteiger partial charge in [0.2, 0.25) is 10.0 Å². The van der Waals surface area contributed by atoms with E-state index in [9.17, 15) is 18.5 Å². The minimum atomic E-state index is -3.29.